The normalized spacial score (nSPS) is 17.1. The first-order valence-corrected chi connectivity index (χ1v) is 6.39. The second-order valence-corrected chi connectivity index (χ2v) is 4.66. The fourth-order valence-corrected chi connectivity index (χ4v) is 2.24. The van der Waals surface area contributed by atoms with Crippen LogP contribution in [-0.2, 0) is 0 Å². The molecule has 0 bridgehead atoms. The van der Waals surface area contributed by atoms with Crippen LogP contribution in [0.4, 0.5) is 0 Å². The van der Waals surface area contributed by atoms with E-state index in [4.69, 9.17) is 4.74 Å². The van der Waals surface area contributed by atoms with Gasteiger partial charge in [0, 0.05) is 32.7 Å². The number of benzene rings is 1. The summed E-state index contributed by atoms with van der Waals surface area (Å²) in [5, 5.41) is 3.36. The van der Waals surface area contributed by atoms with E-state index in [1.807, 2.05) is 0 Å². The highest BCUT2D eigenvalue weighted by molar-refractivity contribution is 5.39. The first-order chi connectivity index (χ1) is 8.27. The smallest absolute Gasteiger partial charge is 0.125 e. The molecule has 3 heteroatoms. The highest BCUT2D eigenvalue weighted by Gasteiger charge is 2.09. The Balaban J connectivity index is 1.81. The second-order valence-electron chi connectivity index (χ2n) is 4.66. The Labute approximate surface area is 104 Å². The van der Waals surface area contributed by atoms with Gasteiger partial charge in [0.15, 0.2) is 0 Å². The van der Waals surface area contributed by atoms with Crippen molar-refractivity contribution >= 4 is 0 Å². The van der Waals surface area contributed by atoms with Gasteiger partial charge in [-0.2, -0.15) is 0 Å². The van der Waals surface area contributed by atoms with Gasteiger partial charge < -0.3 is 10.1 Å². The van der Waals surface area contributed by atoms with Crippen LogP contribution in [0.2, 0.25) is 0 Å². The number of rotatable bonds is 4. The molecule has 1 heterocycles. The molecule has 1 aliphatic heterocycles. The Hall–Kier alpha value is -1.06. The molecule has 1 saturated heterocycles. The van der Waals surface area contributed by atoms with Crippen LogP contribution in [0.25, 0.3) is 0 Å². The standard InChI is InChI=1S/C14H22N2O/c1-12-4-3-5-13(2)14(12)17-11-10-16-8-6-15-7-9-16/h3-5,15H,6-11H2,1-2H3. The average Bonchev–Trinajstić information content (AvgIpc) is 2.34. The van der Waals surface area contributed by atoms with Crippen molar-refractivity contribution < 1.29 is 4.74 Å². The largest absolute Gasteiger partial charge is 0.492 e. The number of nitrogens with zero attached hydrogens (tertiary/aromatic N) is 1. The maximum Gasteiger partial charge on any atom is 0.125 e. The van der Waals surface area contributed by atoms with Crippen molar-refractivity contribution in [2.45, 2.75) is 13.8 Å². The molecule has 0 amide bonds. The van der Waals surface area contributed by atoms with Crippen molar-refractivity contribution in [3.05, 3.63) is 29.3 Å². The fraction of sp³-hybridized carbons (Fsp3) is 0.571. The summed E-state index contributed by atoms with van der Waals surface area (Å²) in [7, 11) is 0. The van der Waals surface area contributed by atoms with E-state index in [1.54, 1.807) is 0 Å². The Morgan fingerprint density at radius 3 is 2.47 bits per heavy atom. The summed E-state index contributed by atoms with van der Waals surface area (Å²) >= 11 is 0. The van der Waals surface area contributed by atoms with E-state index in [-0.39, 0.29) is 0 Å². The van der Waals surface area contributed by atoms with Gasteiger partial charge in [-0.25, -0.2) is 0 Å². The number of hydrogen-bond acceptors (Lipinski definition) is 3. The van der Waals surface area contributed by atoms with Gasteiger partial charge in [-0.05, 0) is 25.0 Å². The average molecular weight is 234 g/mol. The Kier molecular flexibility index (Phi) is 4.40. The van der Waals surface area contributed by atoms with Crippen LogP contribution in [0.1, 0.15) is 11.1 Å². The van der Waals surface area contributed by atoms with Crippen molar-refractivity contribution in [3.63, 3.8) is 0 Å². The lowest BCUT2D eigenvalue weighted by Crippen LogP contribution is -2.44. The first-order valence-electron chi connectivity index (χ1n) is 6.39. The number of nitrogens with one attached hydrogen (secondary N) is 1. The molecule has 0 atom stereocenters. The van der Waals surface area contributed by atoms with Crippen LogP contribution in [0.15, 0.2) is 18.2 Å². The van der Waals surface area contributed by atoms with Crippen molar-refractivity contribution in [2.75, 3.05) is 39.3 Å². The molecule has 0 aromatic heterocycles. The van der Waals surface area contributed by atoms with Crippen LogP contribution >= 0.6 is 0 Å². The van der Waals surface area contributed by atoms with Crippen molar-refractivity contribution in [1.82, 2.24) is 10.2 Å². The van der Waals surface area contributed by atoms with Crippen LogP contribution in [0.5, 0.6) is 5.75 Å². The van der Waals surface area contributed by atoms with Crippen LogP contribution in [-0.4, -0.2) is 44.2 Å². The number of aryl methyl sites for hydroxylation is 2. The van der Waals surface area contributed by atoms with Gasteiger partial charge in [-0.15, -0.1) is 0 Å². The van der Waals surface area contributed by atoms with E-state index in [0.29, 0.717) is 0 Å². The van der Waals surface area contributed by atoms with Crippen molar-refractivity contribution in [3.8, 4) is 5.75 Å². The van der Waals surface area contributed by atoms with Crippen molar-refractivity contribution in [2.24, 2.45) is 0 Å². The molecule has 1 aliphatic rings. The third-order valence-electron chi connectivity index (χ3n) is 3.27. The molecule has 2 rings (SSSR count). The summed E-state index contributed by atoms with van der Waals surface area (Å²) in [4.78, 5) is 2.45. The van der Waals surface area contributed by atoms with Crippen LogP contribution in [0, 0.1) is 13.8 Å². The molecular weight excluding hydrogens is 212 g/mol. The minimum absolute atomic E-state index is 0.783. The monoisotopic (exact) mass is 234 g/mol. The number of ether oxygens (including phenoxy) is 1. The van der Waals surface area contributed by atoms with E-state index >= 15 is 0 Å². The van der Waals surface area contributed by atoms with Gasteiger partial charge >= 0.3 is 0 Å². The molecule has 0 radical (unpaired) electrons. The quantitative estimate of drug-likeness (QED) is 0.856. The molecule has 0 unspecified atom stereocenters. The highest BCUT2D eigenvalue weighted by Crippen LogP contribution is 2.22. The minimum Gasteiger partial charge on any atom is -0.492 e. The van der Waals surface area contributed by atoms with Gasteiger partial charge in [-0.1, -0.05) is 18.2 Å². The zero-order valence-corrected chi connectivity index (χ0v) is 10.8. The molecule has 94 valence electrons. The van der Waals surface area contributed by atoms with Gasteiger partial charge in [0.2, 0.25) is 0 Å². The van der Waals surface area contributed by atoms with E-state index in [2.05, 4.69) is 42.3 Å². The lowest BCUT2D eigenvalue weighted by Gasteiger charge is -2.27. The molecule has 0 aliphatic carbocycles. The predicted octanol–water partition coefficient (Wildman–Crippen LogP) is 1.59. The Bertz CT molecular complexity index is 339. The molecule has 1 N–H and O–H groups in total. The Morgan fingerprint density at radius 2 is 1.82 bits per heavy atom. The lowest BCUT2D eigenvalue weighted by atomic mass is 10.1. The van der Waals surface area contributed by atoms with E-state index < -0.39 is 0 Å². The highest BCUT2D eigenvalue weighted by atomic mass is 16.5. The molecule has 3 nitrogen and oxygen atoms in total. The summed E-state index contributed by atoms with van der Waals surface area (Å²) in [6.45, 7) is 10.5. The van der Waals surface area contributed by atoms with Crippen LogP contribution in [0.3, 0.4) is 0 Å². The molecular formula is C14H22N2O. The molecule has 0 spiro atoms. The number of para-hydroxylation sites is 1. The fourth-order valence-electron chi connectivity index (χ4n) is 2.24. The van der Waals surface area contributed by atoms with Crippen LogP contribution < -0.4 is 10.1 Å². The van der Waals surface area contributed by atoms with Gasteiger partial charge in [0.25, 0.3) is 0 Å². The summed E-state index contributed by atoms with van der Waals surface area (Å²) in [6, 6.07) is 6.29. The summed E-state index contributed by atoms with van der Waals surface area (Å²) in [5.41, 5.74) is 2.45. The molecule has 1 fully saturated rings. The van der Waals surface area contributed by atoms with Crippen molar-refractivity contribution in [1.29, 1.82) is 0 Å². The number of hydrogen-bond donors (Lipinski definition) is 1. The van der Waals surface area contributed by atoms with E-state index in [9.17, 15) is 0 Å². The molecule has 17 heavy (non-hydrogen) atoms. The molecule has 1 aromatic carbocycles. The zero-order chi connectivity index (χ0) is 12.1. The summed E-state index contributed by atoms with van der Waals surface area (Å²) in [6.07, 6.45) is 0. The maximum atomic E-state index is 5.91. The maximum absolute atomic E-state index is 5.91. The first kappa shape index (κ1) is 12.4. The number of piperazine rings is 1. The second kappa shape index (κ2) is 6.03. The lowest BCUT2D eigenvalue weighted by molar-refractivity contribution is 0.190. The third-order valence-corrected chi connectivity index (χ3v) is 3.27. The third kappa shape index (κ3) is 3.45. The summed E-state index contributed by atoms with van der Waals surface area (Å²) < 4.78 is 5.91. The molecule has 1 aromatic rings. The Morgan fingerprint density at radius 1 is 1.18 bits per heavy atom. The molecule has 0 saturated carbocycles. The SMILES string of the molecule is Cc1cccc(C)c1OCCN1CCNCC1. The van der Waals surface area contributed by atoms with Gasteiger partial charge in [0.1, 0.15) is 12.4 Å². The van der Waals surface area contributed by atoms with E-state index in [1.165, 1.54) is 11.1 Å². The van der Waals surface area contributed by atoms with Gasteiger partial charge in [0.05, 0.1) is 0 Å². The summed E-state index contributed by atoms with van der Waals surface area (Å²) in [5.74, 6) is 1.06. The minimum atomic E-state index is 0.783. The predicted molar refractivity (Wildman–Crippen MR) is 70.7 cm³/mol. The zero-order valence-electron chi connectivity index (χ0n) is 10.8. The van der Waals surface area contributed by atoms with Gasteiger partial charge in [-0.3, -0.25) is 4.90 Å². The van der Waals surface area contributed by atoms with E-state index in [0.717, 1.165) is 45.1 Å². The topological polar surface area (TPSA) is 24.5 Å².